The van der Waals surface area contributed by atoms with Crippen LogP contribution in [0.5, 0.6) is 0 Å². The Labute approximate surface area is 212 Å². The van der Waals surface area contributed by atoms with Crippen LogP contribution in [0.1, 0.15) is 114 Å². The topological polar surface area (TPSA) is 28.0 Å². The molecule has 0 amide bonds. The zero-order valence-corrected chi connectivity index (χ0v) is 22.0. The number of unbranched alkanes of at least 4 members (excludes halogenated alkanes) is 1. The predicted molar refractivity (Wildman–Crippen MR) is 145 cm³/mol. The van der Waals surface area contributed by atoms with Crippen LogP contribution in [0, 0.1) is 22.6 Å². The highest BCUT2D eigenvalue weighted by atomic mass is 19.1. The molecule has 2 atom stereocenters. The molecule has 1 aromatic rings. The molecule has 4 heteroatoms. The third-order valence-corrected chi connectivity index (χ3v) is 10.6. The Morgan fingerprint density at radius 3 is 2.60 bits per heavy atom. The van der Waals surface area contributed by atoms with Gasteiger partial charge < -0.3 is 4.90 Å². The molecule has 1 spiro atoms. The summed E-state index contributed by atoms with van der Waals surface area (Å²) in [6, 6.07) is 6.44. The highest BCUT2D eigenvalue weighted by Gasteiger charge is 2.48. The van der Waals surface area contributed by atoms with Gasteiger partial charge in [-0.25, -0.2) is 4.39 Å². The van der Waals surface area contributed by atoms with Crippen molar-refractivity contribution in [1.29, 1.82) is 0 Å². The first-order chi connectivity index (χ1) is 17.0. The van der Waals surface area contributed by atoms with E-state index in [1.54, 1.807) is 6.07 Å². The maximum absolute atomic E-state index is 14.3. The number of piperidine rings is 1. The molecule has 192 valence electrons. The molecular weight excluding hydrogens is 433 g/mol. The van der Waals surface area contributed by atoms with Crippen molar-refractivity contribution in [3.8, 4) is 0 Å². The van der Waals surface area contributed by atoms with E-state index in [0.717, 1.165) is 23.8 Å². The van der Waals surface area contributed by atoms with Crippen LogP contribution in [0.25, 0.3) is 0 Å². The highest BCUT2D eigenvalue weighted by molar-refractivity contribution is 5.57. The number of hydrogen-bond donors (Lipinski definition) is 0. The number of hydrogen-bond acceptors (Lipinski definition) is 3. The fourth-order valence-electron chi connectivity index (χ4n) is 8.31. The van der Waals surface area contributed by atoms with Crippen LogP contribution in [0.15, 0.2) is 28.4 Å². The first-order valence-corrected chi connectivity index (χ1v) is 14.5. The summed E-state index contributed by atoms with van der Waals surface area (Å²) in [5.74, 6) is 1.32. The average molecular weight is 480 g/mol. The number of nitrogens with zero attached hydrogens (tertiary/aromatic N) is 3. The van der Waals surface area contributed by atoms with Gasteiger partial charge in [0.2, 0.25) is 0 Å². The standard InChI is InChI=1S/C31H46FN3/c1-3-30(12-4-5-16-34-33-2)15-9-28(23-30)35-17-10-25(11-18-35)29-20-27(32)8-7-26(29)19-24-21-31(22-24)13-6-14-31/h7-8,16,20,24-25,28H,2-6,9-15,17-19,21-23H2,1H3/b34-16-. The number of rotatable bonds is 10. The van der Waals surface area contributed by atoms with Crippen molar-refractivity contribution in [2.75, 3.05) is 13.1 Å². The van der Waals surface area contributed by atoms with Crippen molar-refractivity contribution in [3.05, 3.63) is 35.1 Å². The van der Waals surface area contributed by atoms with Crippen LogP contribution in [-0.2, 0) is 6.42 Å². The van der Waals surface area contributed by atoms with Gasteiger partial charge in [0.05, 0.1) is 0 Å². The molecule has 1 saturated heterocycles. The maximum Gasteiger partial charge on any atom is 0.123 e. The fourth-order valence-corrected chi connectivity index (χ4v) is 8.31. The molecule has 1 heterocycles. The summed E-state index contributed by atoms with van der Waals surface area (Å²) in [6.45, 7) is 8.15. The molecule has 0 aromatic heterocycles. The maximum atomic E-state index is 14.3. The summed E-state index contributed by atoms with van der Waals surface area (Å²) in [7, 11) is 0. The van der Waals surface area contributed by atoms with Gasteiger partial charge in [-0.05, 0) is 142 Å². The van der Waals surface area contributed by atoms with Gasteiger partial charge in [0, 0.05) is 19.0 Å². The quantitative estimate of drug-likeness (QED) is 0.190. The summed E-state index contributed by atoms with van der Waals surface area (Å²) in [5, 5.41) is 7.49. The van der Waals surface area contributed by atoms with E-state index in [0.29, 0.717) is 11.3 Å². The van der Waals surface area contributed by atoms with Crippen molar-refractivity contribution in [3.63, 3.8) is 0 Å². The summed E-state index contributed by atoms with van der Waals surface area (Å²) >= 11 is 0. The second kappa shape index (κ2) is 10.8. The molecule has 0 radical (unpaired) electrons. The van der Waals surface area contributed by atoms with Crippen molar-refractivity contribution in [2.24, 2.45) is 27.0 Å². The van der Waals surface area contributed by atoms with E-state index in [-0.39, 0.29) is 5.82 Å². The second-order valence-corrected chi connectivity index (χ2v) is 12.6. The molecule has 0 N–H and O–H groups in total. The summed E-state index contributed by atoms with van der Waals surface area (Å²) < 4.78 is 14.3. The van der Waals surface area contributed by atoms with Crippen molar-refractivity contribution >= 4 is 12.9 Å². The number of benzene rings is 1. The van der Waals surface area contributed by atoms with Gasteiger partial charge in [0.15, 0.2) is 0 Å². The number of likely N-dealkylation sites (tertiary alicyclic amines) is 1. The van der Waals surface area contributed by atoms with E-state index in [9.17, 15) is 4.39 Å². The Kier molecular flexibility index (Phi) is 7.77. The zero-order chi connectivity index (χ0) is 24.3. The van der Waals surface area contributed by atoms with E-state index in [4.69, 9.17) is 0 Å². The zero-order valence-electron chi connectivity index (χ0n) is 22.0. The molecule has 4 fully saturated rings. The first-order valence-electron chi connectivity index (χ1n) is 14.5. The molecule has 0 bridgehead atoms. The van der Waals surface area contributed by atoms with Crippen LogP contribution < -0.4 is 0 Å². The Bertz CT molecular complexity index is 890. The molecule has 3 aliphatic carbocycles. The minimum absolute atomic E-state index is 0.0484. The second-order valence-electron chi connectivity index (χ2n) is 12.6. The van der Waals surface area contributed by atoms with Crippen molar-refractivity contribution in [1.82, 2.24) is 4.90 Å². The Morgan fingerprint density at radius 2 is 1.91 bits per heavy atom. The first kappa shape index (κ1) is 25.1. The van der Waals surface area contributed by atoms with Gasteiger partial charge in [-0.1, -0.05) is 25.8 Å². The lowest BCUT2D eigenvalue weighted by Gasteiger charge is -2.54. The fraction of sp³-hybridized carbons (Fsp3) is 0.742. The van der Waals surface area contributed by atoms with Crippen molar-refractivity contribution in [2.45, 2.75) is 115 Å². The van der Waals surface area contributed by atoms with E-state index < -0.39 is 0 Å². The Morgan fingerprint density at radius 1 is 1.11 bits per heavy atom. The van der Waals surface area contributed by atoms with Crippen LogP contribution in [-0.4, -0.2) is 37.0 Å². The molecule has 3 saturated carbocycles. The third kappa shape index (κ3) is 5.58. The largest absolute Gasteiger partial charge is 0.300 e. The molecule has 35 heavy (non-hydrogen) atoms. The molecule has 4 aliphatic rings. The lowest BCUT2D eigenvalue weighted by atomic mass is 9.51. The smallest absolute Gasteiger partial charge is 0.123 e. The minimum atomic E-state index is -0.0484. The molecule has 5 rings (SSSR count). The lowest BCUT2D eigenvalue weighted by Crippen LogP contribution is -2.43. The van der Waals surface area contributed by atoms with E-state index in [1.807, 2.05) is 12.3 Å². The SMILES string of the molecule is C=N/N=C\CCCC1(CC)CCC(N2CCC(c3cc(F)ccc3CC3CC4(CCC4)C3)CC2)C1. The molecule has 1 aromatic carbocycles. The molecule has 1 aliphatic heterocycles. The highest BCUT2D eigenvalue weighted by Crippen LogP contribution is 2.59. The summed E-state index contributed by atoms with van der Waals surface area (Å²) in [6.07, 6.45) is 21.5. The monoisotopic (exact) mass is 479 g/mol. The minimum Gasteiger partial charge on any atom is -0.300 e. The van der Waals surface area contributed by atoms with Crippen LogP contribution >= 0.6 is 0 Å². The average Bonchev–Trinajstić information content (AvgIpc) is 3.25. The van der Waals surface area contributed by atoms with Crippen LogP contribution in [0.3, 0.4) is 0 Å². The summed E-state index contributed by atoms with van der Waals surface area (Å²) in [5.41, 5.74) is 4.02. The third-order valence-electron chi connectivity index (χ3n) is 10.6. The van der Waals surface area contributed by atoms with E-state index in [1.165, 1.54) is 114 Å². The predicted octanol–water partition coefficient (Wildman–Crippen LogP) is 7.93. The molecule has 3 nitrogen and oxygen atoms in total. The van der Waals surface area contributed by atoms with E-state index in [2.05, 4.69) is 34.8 Å². The lowest BCUT2D eigenvalue weighted by molar-refractivity contribution is -0.0240. The Hall–Kier alpha value is -1.55. The molecule has 2 unspecified atom stereocenters. The van der Waals surface area contributed by atoms with Gasteiger partial charge in [-0.2, -0.15) is 10.2 Å². The van der Waals surface area contributed by atoms with Crippen LogP contribution in [0.2, 0.25) is 0 Å². The molecular formula is C31H46FN3. The van der Waals surface area contributed by atoms with Gasteiger partial charge in [0.1, 0.15) is 5.82 Å². The normalized spacial score (nSPS) is 29.5. The van der Waals surface area contributed by atoms with Crippen molar-refractivity contribution < 1.29 is 4.39 Å². The van der Waals surface area contributed by atoms with E-state index >= 15 is 0 Å². The van der Waals surface area contributed by atoms with Crippen LogP contribution in [0.4, 0.5) is 4.39 Å². The van der Waals surface area contributed by atoms with Gasteiger partial charge in [-0.3, -0.25) is 0 Å². The number of halogens is 1. The van der Waals surface area contributed by atoms with Gasteiger partial charge in [0.25, 0.3) is 0 Å². The Balaban J connectivity index is 1.14. The van der Waals surface area contributed by atoms with Gasteiger partial charge in [-0.15, -0.1) is 0 Å². The van der Waals surface area contributed by atoms with Gasteiger partial charge >= 0.3 is 0 Å². The summed E-state index contributed by atoms with van der Waals surface area (Å²) in [4.78, 5) is 2.78.